The molecule has 0 saturated heterocycles. The van der Waals surface area contributed by atoms with E-state index in [2.05, 4.69) is 0 Å². The lowest BCUT2D eigenvalue weighted by Gasteiger charge is -2.13. The molecule has 3 rings (SSSR count). The molecular weight excluding hydrogens is 381 g/mol. The van der Waals surface area contributed by atoms with Gasteiger partial charge in [0.1, 0.15) is 18.2 Å². The highest BCUT2D eigenvalue weighted by atomic mass is 19.2. The second kappa shape index (κ2) is 9.01. The summed E-state index contributed by atoms with van der Waals surface area (Å²) in [6, 6.07) is 13.3. The van der Waals surface area contributed by atoms with Crippen LogP contribution in [-0.2, 0) is 6.61 Å². The average molecular weight is 402 g/mol. The van der Waals surface area contributed by atoms with Gasteiger partial charge in [0.2, 0.25) is 5.82 Å². The van der Waals surface area contributed by atoms with E-state index in [0.717, 1.165) is 18.1 Å². The smallest absolute Gasteiger partial charge is 0.200 e. The summed E-state index contributed by atoms with van der Waals surface area (Å²) in [6.07, 6.45) is 0.386. The Morgan fingerprint density at radius 2 is 1.66 bits per heavy atom. The van der Waals surface area contributed by atoms with Gasteiger partial charge in [-0.3, -0.25) is 0 Å². The SMILES string of the molecule is CCCC(O)c1ccc(OCc2ccc(-c3ccc(O)c(F)c3F)cc2)cc1F. The number of aromatic hydroxyl groups is 1. The van der Waals surface area contributed by atoms with Crippen molar-refractivity contribution in [2.75, 3.05) is 0 Å². The molecule has 1 unspecified atom stereocenters. The molecule has 3 aromatic rings. The van der Waals surface area contributed by atoms with E-state index in [0.29, 0.717) is 17.7 Å². The lowest BCUT2D eigenvalue weighted by Crippen LogP contribution is -2.02. The van der Waals surface area contributed by atoms with Crippen LogP contribution in [-0.4, -0.2) is 10.2 Å². The predicted octanol–water partition coefficient (Wildman–Crippen LogP) is 5.89. The van der Waals surface area contributed by atoms with Gasteiger partial charge in [-0.15, -0.1) is 0 Å². The van der Waals surface area contributed by atoms with Gasteiger partial charge < -0.3 is 14.9 Å². The maximum Gasteiger partial charge on any atom is 0.200 e. The molecule has 2 N–H and O–H groups in total. The lowest BCUT2D eigenvalue weighted by molar-refractivity contribution is 0.161. The minimum Gasteiger partial charge on any atom is -0.505 e. The van der Waals surface area contributed by atoms with E-state index < -0.39 is 29.3 Å². The summed E-state index contributed by atoms with van der Waals surface area (Å²) >= 11 is 0. The summed E-state index contributed by atoms with van der Waals surface area (Å²) < 4.78 is 47.3. The van der Waals surface area contributed by atoms with E-state index in [4.69, 9.17) is 4.74 Å². The van der Waals surface area contributed by atoms with Crippen LogP contribution in [0.25, 0.3) is 11.1 Å². The summed E-state index contributed by atoms with van der Waals surface area (Å²) in [6.45, 7) is 2.07. The highest BCUT2D eigenvalue weighted by Crippen LogP contribution is 2.30. The summed E-state index contributed by atoms with van der Waals surface area (Å²) in [4.78, 5) is 0. The molecular formula is C23H21F3O3. The highest BCUT2D eigenvalue weighted by Gasteiger charge is 2.15. The van der Waals surface area contributed by atoms with Crippen LogP contribution in [0.3, 0.4) is 0 Å². The molecule has 0 saturated carbocycles. The minimum atomic E-state index is -1.29. The van der Waals surface area contributed by atoms with Crippen LogP contribution in [0.2, 0.25) is 0 Å². The number of aliphatic hydroxyl groups is 1. The van der Waals surface area contributed by atoms with Gasteiger partial charge in [0.15, 0.2) is 11.6 Å². The van der Waals surface area contributed by atoms with Crippen molar-refractivity contribution in [1.82, 2.24) is 0 Å². The number of phenols is 1. The zero-order valence-electron chi connectivity index (χ0n) is 15.8. The van der Waals surface area contributed by atoms with Crippen molar-refractivity contribution in [2.45, 2.75) is 32.5 Å². The molecule has 0 heterocycles. The Bertz CT molecular complexity index is 987. The van der Waals surface area contributed by atoms with E-state index >= 15 is 0 Å². The number of rotatable bonds is 7. The number of halogens is 3. The van der Waals surface area contributed by atoms with Crippen LogP contribution in [0, 0.1) is 17.5 Å². The van der Waals surface area contributed by atoms with E-state index in [9.17, 15) is 23.4 Å². The van der Waals surface area contributed by atoms with E-state index in [1.807, 2.05) is 6.92 Å². The molecule has 0 fully saturated rings. The number of ether oxygens (including phenoxy) is 1. The summed E-state index contributed by atoms with van der Waals surface area (Å²) in [7, 11) is 0. The molecule has 0 aromatic heterocycles. The molecule has 29 heavy (non-hydrogen) atoms. The maximum absolute atomic E-state index is 14.2. The number of hydrogen-bond donors (Lipinski definition) is 2. The highest BCUT2D eigenvalue weighted by molar-refractivity contribution is 5.65. The first-order chi connectivity index (χ1) is 13.9. The quantitative estimate of drug-likeness (QED) is 0.518. The number of benzene rings is 3. The van der Waals surface area contributed by atoms with Crippen LogP contribution < -0.4 is 4.74 Å². The van der Waals surface area contributed by atoms with Crippen LogP contribution in [0.5, 0.6) is 11.5 Å². The van der Waals surface area contributed by atoms with Gasteiger partial charge in [0, 0.05) is 17.2 Å². The van der Waals surface area contributed by atoms with Gasteiger partial charge in [0.05, 0.1) is 6.10 Å². The van der Waals surface area contributed by atoms with Gasteiger partial charge in [-0.1, -0.05) is 37.6 Å². The van der Waals surface area contributed by atoms with Gasteiger partial charge in [-0.25, -0.2) is 8.78 Å². The third kappa shape index (κ3) is 4.71. The normalized spacial score (nSPS) is 12.0. The van der Waals surface area contributed by atoms with Crippen molar-refractivity contribution in [3.8, 4) is 22.6 Å². The van der Waals surface area contributed by atoms with Gasteiger partial charge in [-0.05, 0) is 41.8 Å². The lowest BCUT2D eigenvalue weighted by atomic mass is 10.0. The third-order valence-electron chi connectivity index (χ3n) is 4.63. The van der Waals surface area contributed by atoms with E-state index in [1.54, 1.807) is 30.3 Å². The molecule has 3 nitrogen and oxygen atoms in total. The number of hydrogen-bond acceptors (Lipinski definition) is 3. The van der Waals surface area contributed by atoms with Gasteiger partial charge >= 0.3 is 0 Å². The van der Waals surface area contributed by atoms with E-state index in [-0.39, 0.29) is 17.7 Å². The first-order valence-corrected chi connectivity index (χ1v) is 9.27. The first-order valence-electron chi connectivity index (χ1n) is 9.27. The second-order valence-corrected chi connectivity index (χ2v) is 6.73. The maximum atomic E-state index is 14.2. The van der Waals surface area contributed by atoms with Crippen molar-refractivity contribution in [3.63, 3.8) is 0 Å². The van der Waals surface area contributed by atoms with Crippen LogP contribution in [0.15, 0.2) is 54.6 Å². The molecule has 0 spiro atoms. The third-order valence-corrected chi connectivity index (χ3v) is 4.63. The Hall–Kier alpha value is -2.99. The molecule has 0 aliphatic carbocycles. The molecule has 0 bridgehead atoms. The number of aliphatic hydroxyl groups excluding tert-OH is 1. The Balaban J connectivity index is 1.68. The monoisotopic (exact) mass is 402 g/mol. The zero-order valence-corrected chi connectivity index (χ0v) is 15.8. The average Bonchev–Trinajstić information content (AvgIpc) is 2.71. The molecule has 0 amide bonds. The Morgan fingerprint density at radius 1 is 0.931 bits per heavy atom. The molecule has 0 radical (unpaired) electrons. The fourth-order valence-corrected chi connectivity index (χ4v) is 3.01. The van der Waals surface area contributed by atoms with E-state index in [1.165, 1.54) is 18.2 Å². The Morgan fingerprint density at radius 3 is 2.31 bits per heavy atom. The summed E-state index contributed by atoms with van der Waals surface area (Å²) in [5.41, 5.74) is 1.48. The minimum absolute atomic E-state index is 0.0380. The fourth-order valence-electron chi connectivity index (χ4n) is 3.01. The first kappa shape index (κ1) is 20.7. The molecule has 3 aromatic carbocycles. The molecule has 6 heteroatoms. The van der Waals surface area contributed by atoms with Gasteiger partial charge in [0.25, 0.3) is 0 Å². The summed E-state index contributed by atoms with van der Waals surface area (Å²) in [5.74, 6) is -3.34. The number of phenolic OH excluding ortho intramolecular Hbond substituents is 1. The van der Waals surface area contributed by atoms with Crippen molar-refractivity contribution in [1.29, 1.82) is 0 Å². The molecule has 152 valence electrons. The molecule has 0 aliphatic rings. The van der Waals surface area contributed by atoms with Crippen LogP contribution >= 0.6 is 0 Å². The zero-order chi connectivity index (χ0) is 21.0. The molecule has 0 aliphatic heterocycles. The van der Waals surface area contributed by atoms with Crippen LogP contribution in [0.1, 0.15) is 37.0 Å². The van der Waals surface area contributed by atoms with Crippen molar-refractivity contribution < 1.29 is 28.1 Å². The van der Waals surface area contributed by atoms with Gasteiger partial charge in [-0.2, -0.15) is 4.39 Å². The van der Waals surface area contributed by atoms with Crippen LogP contribution in [0.4, 0.5) is 13.2 Å². The van der Waals surface area contributed by atoms with Crippen molar-refractivity contribution in [3.05, 3.63) is 83.2 Å². The summed E-state index contributed by atoms with van der Waals surface area (Å²) in [5, 5.41) is 19.1. The molecule has 1 atom stereocenters. The van der Waals surface area contributed by atoms with Crippen molar-refractivity contribution in [2.24, 2.45) is 0 Å². The van der Waals surface area contributed by atoms with Crippen molar-refractivity contribution >= 4 is 0 Å². The predicted molar refractivity (Wildman–Crippen MR) is 104 cm³/mol. The Kier molecular flexibility index (Phi) is 6.44. The second-order valence-electron chi connectivity index (χ2n) is 6.73. The topological polar surface area (TPSA) is 49.7 Å². The Labute approximate surface area is 167 Å². The largest absolute Gasteiger partial charge is 0.505 e. The fraction of sp³-hybridized carbons (Fsp3) is 0.217. The standard InChI is InChI=1S/C23H21F3O3/c1-2-3-20(27)18-9-8-16(12-19(18)24)29-13-14-4-6-15(7-5-14)17-10-11-21(28)23(26)22(17)25/h4-12,20,27-28H,2-3,13H2,1H3.